The molecule has 11 heteroatoms. The van der Waals surface area contributed by atoms with Gasteiger partial charge in [0.25, 0.3) is 0 Å². The summed E-state index contributed by atoms with van der Waals surface area (Å²) in [5, 5.41) is 16.6. The molecule has 0 heterocycles. The lowest BCUT2D eigenvalue weighted by atomic mass is 10.0. The molecule has 0 bridgehead atoms. The van der Waals surface area contributed by atoms with E-state index < -0.39 is 47.9 Å². The molecule has 4 unspecified atom stereocenters. The van der Waals surface area contributed by atoms with Crippen molar-refractivity contribution in [2.75, 3.05) is 11.5 Å². The molecule has 32 heavy (non-hydrogen) atoms. The highest BCUT2D eigenvalue weighted by atomic mass is 32.1. The van der Waals surface area contributed by atoms with Crippen LogP contribution in [0.2, 0.25) is 0 Å². The number of benzene rings is 1. The highest BCUT2D eigenvalue weighted by molar-refractivity contribution is 7.80. The first-order valence-corrected chi connectivity index (χ1v) is 11.5. The maximum absolute atomic E-state index is 12.7. The average Bonchev–Trinajstić information content (AvgIpc) is 2.74. The Balaban J connectivity index is 2.79. The summed E-state index contributed by atoms with van der Waals surface area (Å²) < 4.78 is 0. The van der Waals surface area contributed by atoms with Gasteiger partial charge < -0.3 is 26.8 Å². The van der Waals surface area contributed by atoms with Gasteiger partial charge in [-0.2, -0.15) is 25.3 Å². The van der Waals surface area contributed by atoms with E-state index in [9.17, 15) is 19.2 Å². The highest BCUT2D eigenvalue weighted by Crippen LogP contribution is 2.07. The van der Waals surface area contributed by atoms with E-state index in [1.165, 1.54) is 0 Å². The fraction of sp³-hybridized carbons (Fsp3) is 0.524. The number of nitrogens with two attached hydrogens (primary N) is 1. The summed E-state index contributed by atoms with van der Waals surface area (Å²) >= 11 is 8.06. The molecule has 1 aromatic carbocycles. The summed E-state index contributed by atoms with van der Waals surface area (Å²) in [5.41, 5.74) is 6.85. The van der Waals surface area contributed by atoms with Gasteiger partial charge in [0.05, 0.1) is 6.04 Å². The summed E-state index contributed by atoms with van der Waals surface area (Å²) in [7, 11) is 0. The van der Waals surface area contributed by atoms with Crippen LogP contribution in [-0.2, 0) is 25.6 Å². The Morgan fingerprint density at radius 2 is 1.38 bits per heavy atom. The lowest BCUT2D eigenvalue weighted by molar-refractivity contribution is -0.141. The molecule has 0 saturated heterocycles. The van der Waals surface area contributed by atoms with Crippen LogP contribution in [-0.4, -0.2) is 64.5 Å². The lowest BCUT2D eigenvalue weighted by Gasteiger charge is -2.25. The smallest absolute Gasteiger partial charge is 0.327 e. The van der Waals surface area contributed by atoms with Crippen LogP contribution < -0.4 is 21.7 Å². The minimum atomic E-state index is -1.23. The first kappa shape index (κ1) is 27.8. The topological polar surface area (TPSA) is 151 Å². The second-order valence-electron chi connectivity index (χ2n) is 7.81. The first-order valence-electron chi connectivity index (χ1n) is 10.2. The molecule has 9 nitrogen and oxygen atoms in total. The second-order valence-corrected chi connectivity index (χ2v) is 8.54. The van der Waals surface area contributed by atoms with E-state index in [1.807, 2.05) is 44.2 Å². The van der Waals surface area contributed by atoms with Gasteiger partial charge in [-0.25, -0.2) is 4.79 Å². The van der Waals surface area contributed by atoms with E-state index in [-0.39, 0.29) is 23.8 Å². The molecule has 6 N–H and O–H groups in total. The van der Waals surface area contributed by atoms with E-state index in [1.54, 1.807) is 0 Å². The van der Waals surface area contributed by atoms with E-state index in [0.717, 1.165) is 5.56 Å². The number of amides is 3. The molecule has 3 amide bonds. The number of carbonyl (C=O) groups is 4. The number of thiol groups is 2. The van der Waals surface area contributed by atoms with Crippen molar-refractivity contribution in [1.29, 1.82) is 0 Å². The number of aliphatic carboxylic acids is 1. The Morgan fingerprint density at radius 1 is 0.875 bits per heavy atom. The molecule has 0 aromatic heterocycles. The van der Waals surface area contributed by atoms with Gasteiger partial charge in [-0.1, -0.05) is 44.2 Å². The fourth-order valence-corrected chi connectivity index (χ4v) is 3.37. The van der Waals surface area contributed by atoms with E-state index in [4.69, 9.17) is 10.8 Å². The van der Waals surface area contributed by atoms with Crippen molar-refractivity contribution in [1.82, 2.24) is 16.0 Å². The Hall–Kier alpha value is -2.24. The fourth-order valence-electron chi connectivity index (χ4n) is 2.87. The van der Waals surface area contributed by atoms with Gasteiger partial charge >= 0.3 is 5.97 Å². The van der Waals surface area contributed by atoms with Crippen molar-refractivity contribution in [3.63, 3.8) is 0 Å². The minimum Gasteiger partial charge on any atom is -0.480 e. The lowest BCUT2D eigenvalue weighted by Crippen LogP contribution is -2.58. The van der Waals surface area contributed by atoms with Crippen LogP contribution in [0.5, 0.6) is 0 Å². The summed E-state index contributed by atoms with van der Waals surface area (Å²) in [5.74, 6) is -3.08. The van der Waals surface area contributed by atoms with Crippen LogP contribution in [0.1, 0.15) is 25.8 Å². The summed E-state index contributed by atoms with van der Waals surface area (Å²) in [4.78, 5) is 49.0. The first-order chi connectivity index (χ1) is 15.1. The van der Waals surface area contributed by atoms with Crippen molar-refractivity contribution in [3.05, 3.63) is 35.9 Å². The van der Waals surface area contributed by atoms with E-state index in [2.05, 4.69) is 41.2 Å². The molecular formula is C21H32N4O5S2. The zero-order valence-electron chi connectivity index (χ0n) is 18.2. The number of nitrogens with one attached hydrogen (secondary N) is 3. The molecular weight excluding hydrogens is 452 g/mol. The van der Waals surface area contributed by atoms with Crippen molar-refractivity contribution in [2.24, 2.45) is 11.7 Å². The molecule has 0 saturated carbocycles. The van der Waals surface area contributed by atoms with Crippen LogP contribution in [0.4, 0.5) is 0 Å². The molecule has 0 aliphatic carbocycles. The molecule has 178 valence electrons. The standard InChI is InChI=1S/C21H32N4O5S2/c1-12(2)8-15(19(27)25-17(11-32)21(29)30)23-20(28)16(10-31)24-18(26)14(22)9-13-6-4-3-5-7-13/h3-7,12,14-17,31-32H,8-11,22H2,1-2H3,(H,23,28)(H,24,26)(H,25,27)(H,29,30). The van der Waals surface area contributed by atoms with Crippen molar-refractivity contribution < 1.29 is 24.3 Å². The number of rotatable bonds is 13. The zero-order chi connectivity index (χ0) is 24.3. The van der Waals surface area contributed by atoms with Gasteiger partial charge in [0.2, 0.25) is 17.7 Å². The predicted molar refractivity (Wildman–Crippen MR) is 129 cm³/mol. The number of carbonyl (C=O) groups excluding carboxylic acids is 3. The zero-order valence-corrected chi connectivity index (χ0v) is 19.9. The maximum Gasteiger partial charge on any atom is 0.327 e. The summed E-state index contributed by atoms with van der Waals surface area (Å²) in [6.07, 6.45) is 0.573. The minimum absolute atomic E-state index is 0.0139. The van der Waals surface area contributed by atoms with Crippen molar-refractivity contribution in [2.45, 2.75) is 50.9 Å². The third-order valence-corrected chi connectivity index (χ3v) is 5.32. The van der Waals surface area contributed by atoms with Crippen molar-refractivity contribution >= 4 is 48.9 Å². The highest BCUT2D eigenvalue weighted by Gasteiger charge is 2.30. The average molecular weight is 485 g/mol. The molecule has 1 aromatic rings. The Morgan fingerprint density at radius 3 is 1.88 bits per heavy atom. The molecule has 0 radical (unpaired) electrons. The van der Waals surface area contributed by atoms with Crippen LogP contribution in [0.15, 0.2) is 30.3 Å². The number of hydrogen-bond donors (Lipinski definition) is 7. The van der Waals surface area contributed by atoms with Gasteiger partial charge in [-0.3, -0.25) is 14.4 Å². The molecule has 4 atom stereocenters. The van der Waals surface area contributed by atoms with E-state index in [0.29, 0.717) is 6.42 Å². The van der Waals surface area contributed by atoms with Crippen LogP contribution in [0.3, 0.4) is 0 Å². The number of carboxylic acids is 1. The normalized spacial score (nSPS) is 14.7. The third kappa shape index (κ3) is 9.49. The quantitative estimate of drug-likeness (QED) is 0.196. The van der Waals surface area contributed by atoms with Crippen LogP contribution in [0.25, 0.3) is 0 Å². The number of hydrogen-bond acceptors (Lipinski definition) is 7. The Kier molecular flexibility index (Phi) is 12.2. The molecule has 0 fully saturated rings. The van der Waals surface area contributed by atoms with Gasteiger partial charge in [0.15, 0.2) is 0 Å². The molecule has 0 aliphatic heterocycles. The number of carboxylic acid groups (broad SMARTS) is 1. The molecule has 0 aliphatic rings. The van der Waals surface area contributed by atoms with Gasteiger partial charge in [0.1, 0.15) is 18.1 Å². The summed E-state index contributed by atoms with van der Waals surface area (Å²) in [6.45, 7) is 3.72. The van der Waals surface area contributed by atoms with Gasteiger partial charge in [0, 0.05) is 11.5 Å². The molecule has 0 spiro atoms. The Bertz CT molecular complexity index is 779. The summed E-state index contributed by atoms with van der Waals surface area (Å²) in [6, 6.07) is 5.17. The largest absolute Gasteiger partial charge is 0.480 e. The third-order valence-electron chi connectivity index (χ3n) is 4.59. The van der Waals surface area contributed by atoms with Crippen molar-refractivity contribution in [3.8, 4) is 0 Å². The SMILES string of the molecule is CC(C)CC(NC(=O)C(CS)NC(=O)C(N)Cc1ccccc1)C(=O)NC(CS)C(=O)O. The van der Waals surface area contributed by atoms with Gasteiger partial charge in [-0.05, 0) is 24.3 Å². The second kappa shape index (κ2) is 14.0. The monoisotopic (exact) mass is 484 g/mol. The van der Waals surface area contributed by atoms with Gasteiger partial charge in [-0.15, -0.1) is 0 Å². The van der Waals surface area contributed by atoms with E-state index >= 15 is 0 Å². The van der Waals surface area contributed by atoms with Crippen LogP contribution in [0, 0.1) is 5.92 Å². The maximum atomic E-state index is 12.7. The van der Waals surface area contributed by atoms with Crippen LogP contribution >= 0.6 is 25.3 Å². The Labute approximate surface area is 199 Å². The molecule has 1 rings (SSSR count). The predicted octanol–water partition coefficient (Wildman–Crippen LogP) is 0.00110.